The molecule has 1 atom stereocenters. The molecular formula is C14H19N5O2S2. The molecule has 124 valence electrons. The van der Waals surface area contributed by atoms with Crippen LogP contribution in [0.5, 0.6) is 0 Å². The zero-order chi connectivity index (χ0) is 17.0. The van der Waals surface area contributed by atoms with E-state index >= 15 is 0 Å². The number of hydrogen-bond acceptors (Lipinski definition) is 6. The lowest BCUT2D eigenvalue weighted by atomic mass is 10.4. The van der Waals surface area contributed by atoms with Crippen molar-refractivity contribution in [3.8, 4) is 0 Å². The van der Waals surface area contributed by atoms with Crippen molar-refractivity contribution in [3.63, 3.8) is 0 Å². The van der Waals surface area contributed by atoms with Crippen molar-refractivity contribution < 1.29 is 4.79 Å². The first kappa shape index (κ1) is 17.6. The normalized spacial score (nSPS) is 12.2. The fraction of sp³-hybridized carbons (Fsp3) is 0.429. The Morgan fingerprint density at radius 2 is 2.26 bits per heavy atom. The maximum atomic E-state index is 12.2. The van der Waals surface area contributed by atoms with Crippen LogP contribution in [0.25, 0.3) is 0 Å². The summed E-state index contributed by atoms with van der Waals surface area (Å²) in [4.78, 5) is 34.7. The van der Waals surface area contributed by atoms with Gasteiger partial charge in [-0.25, -0.2) is 9.97 Å². The minimum atomic E-state index is -0.367. The summed E-state index contributed by atoms with van der Waals surface area (Å²) >= 11 is 2.78. The standard InChI is InChI=1S/C14H19N5O2S2/c1-8-5-11(20)18-13(17-8)23-9(2)12(21)15-6-10-7-16-14(22-4)19(10)3/h5,7,9H,6H2,1-4H3,(H,15,21)(H,17,18,20)/t9-/m0/s1. The molecule has 0 saturated carbocycles. The summed E-state index contributed by atoms with van der Waals surface area (Å²) in [6, 6.07) is 1.42. The molecule has 23 heavy (non-hydrogen) atoms. The van der Waals surface area contributed by atoms with Crippen LogP contribution in [0.4, 0.5) is 0 Å². The van der Waals surface area contributed by atoms with Crippen LogP contribution in [-0.2, 0) is 18.4 Å². The van der Waals surface area contributed by atoms with Crippen LogP contribution in [0.3, 0.4) is 0 Å². The molecule has 0 fully saturated rings. The van der Waals surface area contributed by atoms with Crippen LogP contribution < -0.4 is 10.9 Å². The predicted octanol–water partition coefficient (Wildman–Crippen LogP) is 1.33. The fourth-order valence-corrected chi connectivity index (χ4v) is 3.36. The second-order valence-corrected chi connectivity index (χ2v) is 7.07. The highest BCUT2D eigenvalue weighted by Gasteiger charge is 2.16. The number of imidazole rings is 1. The molecule has 2 heterocycles. The molecule has 2 aromatic rings. The minimum Gasteiger partial charge on any atom is -0.350 e. The van der Waals surface area contributed by atoms with Crippen molar-refractivity contribution in [2.45, 2.75) is 36.0 Å². The van der Waals surface area contributed by atoms with Gasteiger partial charge in [0.2, 0.25) is 5.91 Å². The van der Waals surface area contributed by atoms with E-state index in [0.717, 1.165) is 10.9 Å². The zero-order valence-corrected chi connectivity index (χ0v) is 15.0. The maximum Gasteiger partial charge on any atom is 0.251 e. The van der Waals surface area contributed by atoms with Gasteiger partial charge in [0.1, 0.15) is 0 Å². The Morgan fingerprint density at radius 1 is 1.52 bits per heavy atom. The van der Waals surface area contributed by atoms with Gasteiger partial charge in [-0.15, -0.1) is 0 Å². The van der Waals surface area contributed by atoms with Crippen LogP contribution in [0.2, 0.25) is 0 Å². The maximum absolute atomic E-state index is 12.2. The third kappa shape index (κ3) is 4.61. The number of aryl methyl sites for hydroxylation is 1. The summed E-state index contributed by atoms with van der Waals surface area (Å²) in [6.07, 6.45) is 3.71. The molecule has 2 aromatic heterocycles. The number of aromatic nitrogens is 4. The second-order valence-electron chi connectivity index (χ2n) is 4.97. The average molecular weight is 353 g/mol. The molecule has 0 aromatic carbocycles. The van der Waals surface area contributed by atoms with E-state index in [1.54, 1.807) is 31.8 Å². The van der Waals surface area contributed by atoms with E-state index in [1.165, 1.54) is 17.8 Å². The van der Waals surface area contributed by atoms with Gasteiger partial charge >= 0.3 is 0 Å². The minimum absolute atomic E-state index is 0.119. The Hall–Kier alpha value is -1.74. The van der Waals surface area contributed by atoms with Crippen LogP contribution >= 0.6 is 23.5 Å². The molecule has 0 unspecified atom stereocenters. The third-order valence-electron chi connectivity index (χ3n) is 3.17. The number of aromatic amines is 1. The molecule has 0 aliphatic rings. The van der Waals surface area contributed by atoms with E-state index in [0.29, 0.717) is 17.4 Å². The molecule has 7 nitrogen and oxygen atoms in total. The molecule has 2 N–H and O–H groups in total. The molecular weight excluding hydrogens is 334 g/mol. The first-order valence-corrected chi connectivity index (χ1v) is 9.08. The van der Waals surface area contributed by atoms with E-state index in [2.05, 4.69) is 20.3 Å². The van der Waals surface area contributed by atoms with Gasteiger partial charge < -0.3 is 14.9 Å². The van der Waals surface area contributed by atoms with Crippen LogP contribution in [0, 0.1) is 6.92 Å². The first-order chi connectivity index (χ1) is 10.9. The second kappa shape index (κ2) is 7.69. The highest BCUT2D eigenvalue weighted by atomic mass is 32.2. The third-order valence-corrected chi connectivity index (χ3v) is 4.90. The molecule has 0 radical (unpaired) electrons. The average Bonchev–Trinajstić information content (AvgIpc) is 2.83. The fourth-order valence-electron chi connectivity index (χ4n) is 1.93. The van der Waals surface area contributed by atoms with E-state index in [-0.39, 0.29) is 16.7 Å². The van der Waals surface area contributed by atoms with Crippen molar-refractivity contribution in [1.29, 1.82) is 0 Å². The molecule has 2 rings (SSSR count). The molecule has 1 amide bonds. The summed E-state index contributed by atoms with van der Waals surface area (Å²) in [7, 11) is 1.92. The van der Waals surface area contributed by atoms with Gasteiger partial charge in [0, 0.05) is 18.8 Å². The monoisotopic (exact) mass is 353 g/mol. The lowest BCUT2D eigenvalue weighted by Crippen LogP contribution is -2.31. The summed E-state index contributed by atoms with van der Waals surface area (Å²) in [5.74, 6) is -0.119. The Morgan fingerprint density at radius 3 is 2.87 bits per heavy atom. The van der Waals surface area contributed by atoms with Crippen LogP contribution in [0.15, 0.2) is 27.4 Å². The summed E-state index contributed by atoms with van der Waals surface area (Å²) in [5.41, 5.74) is 1.34. The van der Waals surface area contributed by atoms with Gasteiger partial charge in [0.05, 0.1) is 23.7 Å². The van der Waals surface area contributed by atoms with Gasteiger partial charge in [-0.05, 0) is 20.1 Å². The number of rotatable bonds is 6. The van der Waals surface area contributed by atoms with Crippen molar-refractivity contribution in [3.05, 3.63) is 34.0 Å². The van der Waals surface area contributed by atoms with Crippen molar-refractivity contribution >= 4 is 29.4 Å². The Kier molecular flexibility index (Phi) is 5.89. The van der Waals surface area contributed by atoms with E-state index in [4.69, 9.17) is 0 Å². The quantitative estimate of drug-likeness (QED) is 0.601. The molecule has 0 saturated heterocycles. The highest BCUT2D eigenvalue weighted by molar-refractivity contribution is 8.00. The van der Waals surface area contributed by atoms with Crippen molar-refractivity contribution in [1.82, 2.24) is 24.8 Å². The lowest BCUT2D eigenvalue weighted by Gasteiger charge is -2.12. The van der Waals surface area contributed by atoms with Gasteiger partial charge in [0.25, 0.3) is 5.56 Å². The van der Waals surface area contributed by atoms with Gasteiger partial charge in [-0.2, -0.15) is 0 Å². The summed E-state index contributed by atoms with van der Waals surface area (Å²) < 4.78 is 1.95. The molecule has 0 bridgehead atoms. The SMILES string of the molecule is CSc1ncc(CNC(=O)[C@H](C)Sc2nc(C)cc(=O)[nH]2)n1C. The van der Waals surface area contributed by atoms with E-state index in [9.17, 15) is 9.59 Å². The number of amides is 1. The number of carbonyl (C=O) groups is 1. The Balaban J connectivity index is 1.94. The van der Waals surface area contributed by atoms with Crippen molar-refractivity contribution in [2.24, 2.45) is 7.05 Å². The Labute approximate surface area is 142 Å². The molecule has 0 aliphatic heterocycles. The predicted molar refractivity (Wildman–Crippen MR) is 91.7 cm³/mol. The van der Waals surface area contributed by atoms with Crippen LogP contribution in [-0.4, -0.2) is 36.9 Å². The number of hydrogen-bond donors (Lipinski definition) is 2. The van der Waals surface area contributed by atoms with Gasteiger partial charge in [0.15, 0.2) is 10.3 Å². The van der Waals surface area contributed by atoms with Gasteiger partial charge in [-0.3, -0.25) is 9.59 Å². The number of H-pyrrole nitrogens is 1. The number of nitrogens with one attached hydrogen (secondary N) is 2. The molecule has 0 aliphatic carbocycles. The topological polar surface area (TPSA) is 92.7 Å². The van der Waals surface area contributed by atoms with Crippen molar-refractivity contribution in [2.75, 3.05) is 6.26 Å². The lowest BCUT2D eigenvalue weighted by molar-refractivity contribution is -0.120. The van der Waals surface area contributed by atoms with E-state index < -0.39 is 0 Å². The summed E-state index contributed by atoms with van der Waals surface area (Å²) in [6.45, 7) is 3.93. The Bertz CT molecular complexity index is 756. The molecule has 9 heteroatoms. The van der Waals surface area contributed by atoms with Gasteiger partial charge in [-0.1, -0.05) is 23.5 Å². The largest absolute Gasteiger partial charge is 0.350 e. The number of nitrogens with zero attached hydrogens (tertiary/aromatic N) is 3. The number of carbonyl (C=O) groups excluding carboxylic acids is 1. The first-order valence-electron chi connectivity index (χ1n) is 6.97. The van der Waals surface area contributed by atoms with E-state index in [1.807, 2.05) is 17.9 Å². The smallest absolute Gasteiger partial charge is 0.251 e. The molecule has 0 spiro atoms. The highest BCUT2D eigenvalue weighted by Crippen LogP contribution is 2.18. The number of thioether (sulfide) groups is 2. The summed E-state index contributed by atoms with van der Waals surface area (Å²) in [5, 5.41) is 3.86. The zero-order valence-electron chi connectivity index (χ0n) is 13.4. The van der Waals surface area contributed by atoms with Crippen LogP contribution in [0.1, 0.15) is 18.3 Å².